The zero-order valence-corrected chi connectivity index (χ0v) is 11.9. The number of benzene rings is 1. The van der Waals surface area contributed by atoms with Gasteiger partial charge < -0.3 is 10.1 Å². The lowest BCUT2D eigenvalue weighted by Crippen LogP contribution is -2.16. The van der Waals surface area contributed by atoms with Crippen LogP contribution in [0.2, 0.25) is 0 Å². The summed E-state index contributed by atoms with van der Waals surface area (Å²) < 4.78 is 5.79. The minimum absolute atomic E-state index is 0.536. The number of aromatic nitrogens is 2. The summed E-state index contributed by atoms with van der Waals surface area (Å²) in [6.45, 7) is 4.85. The zero-order valence-electron chi connectivity index (χ0n) is 11.9. The number of aryl methyl sites for hydroxylation is 2. The smallest absolute Gasteiger partial charge is 0.237 e. The molecule has 0 atom stereocenters. The van der Waals surface area contributed by atoms with E-state index in [0.29, 0.717) is 11.9 Å². The summed E-state index contributed by atoms with van der Waals surface area (Å²) in [7, 11) is 0. The van der Waals surface area contributed by atoms with Gasteiger partial charge in [0.1, 0.15) is 5.75 Å². The van der Waals surface area contributed by atoms with Crippen molar-refractivity contribution in [2.75, 3.05) is 0 Å². The minimum Gasteiger partial charge on any atom is -0.437 e. The van der Waals surface area contributed by atoms with Gasteiger partial charge in [-0.25, -0.2) is 4.98 Å². The van der Waals surface area contributed by atoms with Gasteiger partial charge in [-0.1, -0.05) is 12.1 Å². The Morgan fingerprint density at radius 2 is 2.05 bits per heavy atom. The normalized spacial score (nSPS) is 14.3. The molecule has 104 valence electrons. The summed E-state index contributed by atoms with van der Waals surface area (Å²) in [6.07, 6.45) is 6.02. The Kier molecular flexibility index (Phi) is 3.65. The second-order valence-corrected chi connectivity index (χ2v) is 5.37. The van der Waals surface area contributed by atoms with E-state index in [4.69, 9.17) is 4.74 Å². The Hall–Kier alpha value is -1.94. The third kappa shape index (κ3) is 3.33. The summed E-state index contributed by atoms with van der Waals surface area (Å²) in [4.78, 5) is 8.70. The van der Waals surface area contributed by atoms with Crippen LogP contribution in [-0.4, -0.2) is 16.0 Å². The van der Waals surface area contributed by atoms with Gasteiger partial charge in [-0.05, 0) is 43.9 Å². The highest BCUT2D eigenvalue weighted by Gasteiger charge is 2.20. The van der Waals surface area contributed by atoms with Gasteiger partial charge in [-0.2, -0.15) is 0 Å². The van der Waals surface area contributed by atoms with Crippen LogP contribution in [0.5, 0.6) is 11.6 Å². The second kappa shape index (κ2) is 5.59. The van der Waals surface area contributed by atoms with Crippen LogP contribution in [0.3, 0.4) is 0 Å². The predicted octanol–water partition coefficient (Wildman–Crippen LogP) is 3.14. The molecule has 1 aromatic heterocycles. The fourth-order valence-corrected chi connectivity index (χ4v) is 1.95. The van der Waals surface area contributed by atoms with Gasteiger partial charge in [-0.15, -0.1) is 0 Å². The molecule has 0 aliphatic heterocycles. The highest BCUT2D eigenvalue weighted by atomic mass is 16.5. The van der Waals surface area contributed by atoms with Crippen LogP contribution in [0.4, 0.5) is 0 Å². The van der Waals surface area contributed by atoms with E-state index in [0.717, 1.165) is 23.6 Å². The lowest BCUT2D eigenvalue weighted by Gasteiger charge is -2.09. The molecule has 1 fully saturated rings. The Morgan fingerprint density at radius 3 is 2.75 bits per heavy atom. The molecule has 0 spiro atoms. The monoisotopic (exact) mass is 269 g/mol. The summed E-state index contributed by atoms with van der Waals surface area (Å²) in [6, 6.07) is 6.81. The number of hydrogen-bond acceptors (Lipinski definition) is 4. The van der Waals surface area contributed by atoms with E-state index in [1.807, 2.05) is 26.0 Å². The van der Waals surface area contributed by atoms with Crippen molar-refractivity contribution in [2.45, 2.75) is 39.3 Å². The molecule has 1 aliphatic carbocycles. The summed E-state index contributed by atoms with van der Waals surface area (Å²) in [5, 5.41) is 3.42. The highest BCUT2D eigenvalue weighted by molar-refractivity contribution is 5.38. The fraction of sp³-hybridized carbons (Fsp3) is 0.375. The van der Waals surface area contributed by atoms with Crippen LogP contribution in [-0.2, 0) is 6.54 Å². The number of ether oxygens (including phenoxy) is 1. The standard InChI is InChI=1S/C16H19N3O/c1-11-3-4-12(2)15(7-11)20-16-10-18-14(9-19-16)8-17-13-5-6-13/h3-4,7,9-10,13,17H,5-6,8H2,1-2H3. The average Bonchev–Trinajstić information content (AvgIpc) is 3.26. The van der Waals surface area contributed by atoms with Crippen LogP contribution in [0.15, 0.2) is 30.6 Å². The van der Waals surface area contributed by atoms with Crippen molar-refractivity contribution in [1.82, 2.24) is 15.3 Å². The Bertz CT molecular complexity index is 591. The minimum atomic E-state index is 0.536. The molecular formula is C16H19N3O. The van der Waals surface area contributed by atoms with Crippen molar-refractivity contribution in [3.8, 4) is 11.6 Å². The second-order valence-electron chi connectivity index (χ2n) is 5.37. The van der Waals surface area contributed by atoms with E-state index in [2.05, 4.69) is 21.4 Å². The van der Waals surface area contributed by atoms with Gasteiger partial charge in [0.2, 0.25) is 5.88 Å². The molecule has 3 rings (SSSR count). The van der Waals surface area contributed by atoms with Gasteiger partial charge in [0.25, 0.3) is 0 Å². The Balaban J connectivity index is 1.66. The van der Waals surface area contributed by atoms with Gasteiger partial charge in [-0.3, -0.25) is 4.98 Å². The number of hydrogen-bond donors (Lipinski definition) is 1. The van der Waals surface area contributed by atoms with E-state index >= 15 is 0 Å². The van der Waals surface area contributed by atoms with Gasteiger partial charge >= 0.3 is 0 Å². The van der Waals surface area contributed by atoms with Crippen LogP contribution in [0, 0.1) is 13.8 Å². The quantitative estimate of drug-likeness (QED) is 0.906. The first-order valence-electron chi connectivity index (χ1n) is 7.00. The van der Waals surface area contributed by atoms with Crippen molar-refractivity contribution in [3.05, 3.63) is 47.4 Å². The maximum Gasteiger partial charge on any atom is 0.237 e. The van der Waals surface area contributed by atoms with Crippen LogP contribution >= 0.6 is 0 Å². The van der Waals surface area contributed by atoms with Crippen molar-refractivity contribution < 1.29 is 4.74 Å². The molecule has 0 amide bonds. The third-order valence-electron chi connectivity index (χ3n) is 3.39. The lowest BCUT2D eigenvalue weighted by atomic mass is 10.1. The van der Waals surface area contributed by atoms with E-state index < -0.39 is 0 Å². The number of nitrogens with one attached hydrogen (secondary N) is 1. The van der Waals surface area contributed by atoms with E-state index in [1.54, 1.807) is 12.4 Å². The zero-order chi connectivity index (χ0) is 13.9. The van der Waals surface area contributed by atoms with Crippen molar-refractivity contribution in [1.29, 1.82) is 0 Å². The molecule has 2 aromatic rings. The van der Waals surface area contributed by atoms with Crippen molar-refractivity contribution in [2.24, 2.45) is 0 Å². The molecule has 1 saturated carbocycles. The number of rotatable bonds is 5. The van der Waals surface area contributed by atoms with Crippen molar-refractivity contribution in [3.63, 3.8) is 0 Å². The summed E-state index contributed by atoms with van der Waals surface area (Å²) >= 11 is 0. The Morgan fingerprint density at radius 1 is 1.20 bits per heavy atom. The molecule has 0 unspecified atom stereocenters. The molecular weight excluding hydrogens is 250 g/mol. The molecule has 1 aliphatic rings. The lowest BCUT2D eigenvalue weighted by molar-refractivity contribution is 0.455. The molecule has 0 saturated heterocycles. The Labute approximate surface area is 119 Å². The first kappa shape index (κ1) is 13.1. The maximum atomic E-state index is 5.79. The molecule has 0 radical (unpaired) electrons. The average molecular weight is 269 g/mol. The predicted molar refractivity (Wildman–Crippen MR) is 77.9 cm³/mol. The van der Waals surface area contributed by atoms with E-state index in [9.17, 15) is 0 Å². The molecule has 1 heterocycles. The first-order chi connectivity index (χ1) is 9.70. The van der Waals surface area contributed by atoms with Gasteiger partial charge in [0.05, 0.1) is 18.1 Å². The van der Waals surface area contributed by atoms with Gasteiger partial charge in [0, 0.05) is 12.6 Å². The largest absolute Gasteiger partial charge is 0.437 e. The first-order valence-corrected chi connectivity index (χ1v) is 7.00. The molecule has 1 N–H and O–H groups in total. The molecule has 1 aromatic carbocycles. The van der Waals surface area contributed by atoms with Crippen molar-refractivity contribution >= 4 is 0 Å². The summed E-state index contributed by atoms with van der Waals surface area (Å²) in [5.41, 5.74) is 3.21. The molecule has 0 bridgehead atoms. The molecule has 4 nitrogen and oxygen atoms in total. The highest BCUT2D eigenvalue weighted by Crippen LogP contribution is 2.24. The van der Waals surface area contributed by atoms with Crippen LogP contribution in [0.25, 0.3) is 0 Å². The molecule has 20 heavy (non-hydrogen) atoms. The van der Waals surface area contributed by atoms with Crippen LogP contribution < -0.4 is 10.1 Å². The maximum absolute atomic E-state index is 5.79. The number of nitrogens with zero attached hydrogens (tertiary/aromatic N) is 2. The topological polar surface area (TPSA) is 47.0 Å². The third-order valence-corrected chi connectivity index (χ3v) is 3.39. The SMILES string of the molecule is Cc1ccc(C)c(Oc2cnc(CNC3CC3)cn2)c1. The van der Waals surface area contributed by atoms with Crippen LogP contribution in [0.1, 0.15) is 29.7 Å². The fourth-order valence-electron chi connectivity index (χ4n) is 1.95. The van der Waals surface area contributed by atoms with Gasteiger partial charge in [0.15, 0.2) is 0 Å². The summed E-state index contributed by atoms with van der Waals surface area (Å²) in [5.74, 6) is 1.37. The van der Waals surface area contributed by atoms with E-state index in [1.165, 1.54) is 18.4 Å². The van der Waals surface area contributed by atoms with E-state index in [-0.39, 0.29) is 0 Å². The molecule has 4 heteroatoms.